The summed E-state index contributed by atoms with van der Waals surface area (Å²) < 4.78 is 5.90. The SMILES string of the molecule is CCCNC1(C#N)CCC(OCCCC(C)C)C1. The molecule has 1 rings (SSSR count). The third-order valence-electron chi connectivity index (χ3n) is 3.68. The molecule has 1 fully saturated rings. The van der Waals surface area contributed by atoms with Gasteiger partial charge >= 0.3 is 0 Å². The van der Waals surface area contributed by atoms with Crippen LogP contribution in [0.2, 0.25) is 0 Å². The summed E-state index contributed by atoms with van der Waals surface area (Å²) in [6.45, 7) is 8.38. The smallest absolute Gasteiger partial charge is 0.109 e. The maximum absolute atomic E-state index is 9.34. The normalized spacial score (nSPS) is 27.6. The summed E-state index contributed by atoms with van der Waals surface area (Å²) in [5, 5.41) is 12.7. The first kappa shape index (κ1) is 15.5. The zero-order valence-electron chi connectivity index (χ0n) is 12.2. The van der Waals surface area contributed by atoms with Gasteiger partial charge in [0.2, 0.25) is 0 Å². The van der Waals surface area contributed by atoms with Crippen LogP contribution in [0.5, 0.6) is 0 Å². The predicted octanol–water partition coefficient (Wildman–Crippen LogP) is 3.25. The van der Waals surface area contributed by atoms with Crippen LogP contribution in [0.1, 0.15) is 59.3 Å². The molecule has 3 heteroatoms. The topological polar surface area (TPSA) is 45.0 Å². The summed E-state index contributed by atoms with van der Waals surface area (Å²) in [7, 11) is 0. The molecule has 0 aromatic heterocycles. The molecule has 104 valence electrons. The van der Waals surface area contributed by atoms with E-state index in [9.17, 15) is 5.26 Å². The van der Waals surface area contributed by atoms with Gasteiger partial charge in [-0.2, -0.15) is 5.26 Å². The Bertz CT molecular complexity index is 272. The molecule has 1 N–H and O–H groups in total. The maximum atomic E-state index is 9.34. The van der Waals surface area contributed by atoms with Crippen LogP contribution in [0.3, 0.4) is 0 Å². The third-order valence-corrected chi connectivity index (χ3v) is 3.68. The molecule has 1 saturated carbocycles. The lowest BCUT2D eigenvalue weighted by atomic mass is 9.99. The molecule has 1 aliphatic carbocycles. The van der Waals surface area contributed by atoms with Crippen LogP contribution in [0.25, 0.3) is 0 Å². The highest BCUT2D eigenvalue weighted by molar-refractivity contribution is 5.12. The highest BCUT2D eigenvalue weighted by Gasteiger charge is 2.39. The van der Waals surface area contributed by atoms with Crippen LogP contribution in [0, 0.1) is 17.2 Å². The van der Waals surface area contributed by atoms with Crippen molar-refractivity contribution < 1.29 is 4.74 Å². The summed E-state index contributed by atoms with van der Waals surface area (Å²) in [5.41, 5.74) is -0.321. The van der Waals surface area contributed by atoms with E-state index in [2.05, 4.69) is 32.2 Å². The van der Waals surface area contributed by atoms with Crippen LogP contribution in [0.4, 0.5) is 0 Å². The average molecular weight is 252 g/mol. The molecular weight excluding hydrogens is 224 g/mol. The van der Waals surface area contributed by atoms with Crippen molar-refractivity contribution in [2.24, 2.45) is 5.92 Å². The van der Waals surface area contributed by atoms with E-state index in [0.29, 0.717) is 0 Å². The van der Waals surface area contributed by atoms with Gasteiger partial charge in [-0.25, -0.2) is 0 Å². The molecule has 0 bridgehead atoms. The zero-order valence-corrected chi connectivity index (χ0v) is 12.2. The molecule has 0 aliphatic heterocycles. The maximum Gasteiger partial charge on any atom is 0.109 e. The zero-order chi connectivity index (χ0) is 13.4. The van der Waals surface area contributed by atoms with Crippen LogP contribution < -0.4 is 5.32 Å². The lowest BCUT2D eigenvalue weighted by Gasteiger charge is -2.22. The molecule has 18 heavy (non-hydrogen) atoms. The van der Waals surface area contributed by atoms with Crippen molar-refractivity contribution in [1.82, 2.24) is 5.32 Å². The van der Waals surface area contributed by atoms with Crippen LogP contribution in [-0.2, 0) is 4.74 Å². The van der Waals surface area contributed by atoms with Gasteiger partial charge in [0.1, 0.15) is 5.54 Å². The molecule has 0 saturated heterocycles. The summed E-state index contributed by atoms with van der Waals surface area (Å²) in [5.74, 6) is 0.751. The minimum Gasteiger partial charge on any atom is -0.378 e. The van der Waals surface area contributed by atoms with Gasteiger partial charge in [0.05, 0.1) is 12.2 Å². The van der Waals surface area contributed by atoms with Crippen molar-refractivity contribution >= 4 is 0 Å². The van der Waals surface area contributed by atoms with E-state index in [0.717, 1.165) is 51.2 Å². The Morgan fingerprint density at radius 1 is 1.50 bits per heavy atom. The average Bonchev–Trinajstić information content (AvgIpc) is 2.76. The summed E-state index contributed by atoms with van der Waals surface area (Å²) in [4.78, 5) is 0. The molecule has 0 spiro atoms. The van der Waals surface area contributed by atoms with Crippen molar-refractivity contribution in [3.63, 3.8) is 0 Å². The lowest BCUT2D eigenvalue weighted by Crippen LogP contribution is -2.42. The first-order valence-electron chi connectivity index (χ1n) is 7.40. The largest absolute Gasteiger partial charge is 0.378 e. The highest BCUT2D eigenvalue weighted by Crippen LogP contribution is 2.31. The van der Waals surface area contributed by atoms with E-state index in [-0.39, 0.29) is 11.6 Å². The van der Waals surface area contributed by atoms with Crippen molar-refractivity contribution in [2.45, 2.75) is 70.9 Å². The Balaban J connectivity index is 2.25. The number of ether oxygens (including phenoxy) is 1. The second-order valence-electron chi connectivity index (χ2n) is 5.89. The van der Waals surface area contributed by atoms with E-state index in [1.165, 1.54) is 6.42 Å². The fourth-order valence-corrected chi connectivity index (χ4v) is 2.55. The highest BCUT2D eigenvalue weighted by atomic mass is 16.5. The molecule has 2 atom stereocenters. The van der Waals surface area contributed by atoms with Crippen molar-refractivity contribution in [3.05, 3.63) is 0 Å². The first-order valence-corrected chi connectivity index (χ1v) is 7.40. The van der Waals surface area contributed by atoms with Crippen molar-refractivity contribution in [3.8, 4) is 6.07 Å². The third kappa shape index (κ3) is 4.96. The monoisotopic (exact) mass is 252 g/mol. The van der Waals surface area contributed by atoms with Gasteiger partial charge in [0, 0.05) is 13.0 Å². The number of rotatable bonds is 8. The number of nitrogens with one attached hydrogen (secondary N) is 1. The van der Waals surface area contributed by atoms with Crippen LogP contribution >= 0.6 is 0 Å². The predicted molar refractivity (Wildman–Crippen MR) is 74.3 cm³/mol. The van der Waals surface area contributed by atoms with E-state index in [4.69, 9.17) is 4.74 Å². The van der Waals surface area contributed by atoms with E-state index in [1.807, 2.05) is 0 Å². The second kappa shape index (κ2) is 7.76. The Morgan fingerprint density at radius 2 is 2.28 bits per heavy atom. The van der Waals surface area contributed by atoms with Gasteiger partial charge < -0.3 is 4.74 Å². The van der Waals surface area contributed by atoms with Gasteiger partial charge in [-0.3, -0.25) is 5.32 Å². The van der Waals surface area contributed by atoms with Crippen LogP contribution in [-0.4, -0.2) is 24.8 Å². The first-order chi connectivity index (χ1) is 8.62. The summed E-state index contributed by atoms with van der Waals surface area (Å²) >= 11 is 0. The molecule has 2 unspecified atom stereocenters. The number of nitrogens with zero attached hydrogens (tertiary/aromatic N) is 1. The van der Waals surface area contributed by atoms with Crippen LogP contribution in [0.15, 0.2) is 0 Å². The fourth-order valence-electron chi connectivity index (χ4n) is 2.55. The Hall–Kier alpha value is -0.590. The van der Waals surface area contributed by atoms with Gasteiger partial charge in [0.25, 0.3) is 0 Å². The van der Waals surface area contributed by atoms with E-state index in [1.54, 1.807) is 0 Å². The number of hydrogen-bond acceptors (Lipinski definition) is 3. The quantitative estimate of drug-likeness (QED) is 0.674. The summed E-state index contributed by atoms with van der Waals surface area (Å²) in [6, 6.07) is 2.46. The standard InChI is InChI=1S/C15H28N2O/c1-4-9-17-15(12-16)8-7-14(11-15)18-10-5-6-13(2)3/h13-14,17H,4-11H2,1-3H3. The molecule has 1 aliphatic rings. The lowest BCUT2D eigenvalue weighted by molar-refractivity contribution is 0.0509. The molecule has 0 aromatic rings. The van der Waals surface area contributed by atoms with Gasteiger partial charge in [-0.1, -0.05) is 20.8 Å². The molecule has 0 amide bonds. The van der Waals surface area contributed by atoms with Crippen molar-refractivity contribution in [2.75, 3.05) is 13.2 Å². The Kier molecular flexibility index (Phi) is 6.67. The molecule has 0 aromatic carbocycles. The second-order valence-corrected chi connectivity index (χ2v) is 5.89. The fraction of sp³-hybridized carbons (Fsp3) is 0.933. The van der Waals surface area contributed by atoms with Gasteiger partial charge in [-0.05, 0) is 44.6 Å². The van der Waals surface area contributed by atoms with Gasteiger partial charge in [-0.15, -0.1) is 0 Å². The number of nitriles is 1. The molecule has 0 heterocycles. The number of hydrogen-bond donors (Lipinski definition) is 1. The molecular formula is C15H28N2O. The minimum atomic E-state index is -0.321. The molecule has 0 radical (unpaired) electrons. The van der Waals surface area contributed by atoms with E-state index < -0.39 is 0 Å². The van der Waals surface area contributed by atoms with Crippen molar-refractivity contribution in [1.29, 1.82) is 5.26 Å². The molecule has 3 nitrogen and oxygen atoms in total. The Morgan fingerprint density at radius 3 is 2.89 bits per heavy atom. The Labute approximate surface area is 112 Å². The van der Waals surface area contributed by atoms with E-state index >= 15 is 0 Å². The summed E-state index contributed by atoms with van der Waals surface area (Å²) in [6.07, 6.45) is 6.51. The van der Waals surface area contributed by atoms with Gasteiger partial charge in [0.15, 0.2) is 0 Å². The minimum absolute atomic E-state index is 0.279.